The molecule has 180 valence electrons. The highest BCUT2D eigenvalue weighted by atomic mass is 19.4. The van der Waals surface area contributed by atoms with E-state index in [1.54, 1.807) is 0 Å². The van der Waals surface area contributed by atoms with Crippen molar-refractivity contribution < 1.29 is 23.1 Å². The minimum Gasteiger partial charge on any atom is -0.395 e. The van der Waals surface area contributed by atoms with E-state index in [2.05, 4.69) is 22.2 Å². The summed E-state index contributed by atoms with van der Waals surface area (Å²) < 4.78 is 43.2. The number of aryl methyl sites for hydroxylation is 1. The van der Waals surface area contributed by atoms with Gasteiger partial charge in [-0.1, -0.05) is 13.3 Å². The van der Waals surface area contributed by atoms with E-state index in [0.29, 0.717) is 32.5 Å². The predicted molar refractivity (Wildman–Crippen MR) is 116 cm³/mol. The second-order valence-corrected chi connectivity index (χ2v) is 8.68. The van der Waals surface area contributed by atoms with E-state index in [9.17, 15) is 23.1 Å². The van der Waals surface area contributed by atoms with Crippen LogP contribution in [0.1, 0.15) is 67.9 Å². The van der Waals surface area contributed by atoms with Crippen LogP contribution < -0.4 is 10.2 Å². The number of halogens is 3. The maximum Gasteiger partial charge on any atom is 0.396 e. The average Bonchev–Trinajstić information content (AvgIpc) is 3.19. The molecule has 0 radical (unpaired) electrons. The number of imidazole rings is 1. The molecule has 0 aromatic carbocycles. The van der Waals surface area contributed by atoms with Crippen molar-refractivity contribution in [1.82, 2.24) is 19.5 Å². The standard InChI is InChI=1S/C22H29F3N6O2/c1-2-3-4-15-12-31(9-10-32)20(28-15)14-5-7-30(8-6-14)21-18-16(22(23,24)25)11-17(33)29-19(18)26-13-27-21/h12-14,16,32H,2-11H2,1H3,(H,26,27,29,33)/t16-/m1/s1. The molecule has 11 heteroatoms. The number of hydrogen-bond donors (Lipinski definition) is 2. The summed E-state index contributed by atoms with van der Waals surface area (Å²) >= 11 is 0. The fourth-order valence-electron chi connectivity index (χ4n) is 4.74. The monoisotopic (exact) mass is 466 g/mol. The first-order chi connectivity index (χ1) is 15.8. The summed E-state index contributed by atoms with van der Waals surface area (Å²) in [4.78, 5) is 26.6. The molecule has 0 aliphatic carbocycles. The topological polar surface area (TPSA) is 96.2 Å². The molecule has 2 aromatic heterocycles. The van der Waals surface area contributed by atoms with Crippen molar-refractivity contribution in [3.05, 3.63) is 29.6 Å². The highest BCUT2D eigenvalue weighted by Crippen LogP contribution is 2.46. The number of unbranched alkanes of at least 4 members (excludes halogenated alkanes) is 1. The lowest BCUT2D eigenvalue weighted by Crippen LogP contribution is -2.38. The van der Waals surface area contributed by atoms with Crippen molar-refractivity contribution in [2.45, 2.75) is 70.0 Å². The largest absolute Gasteiger partial charge is 0.396 e. The second kappa shape index (κ2) is 9.66. The molecule has 0 saturated carbocycles. The van der Waals surface area contributed by atoms with Gasteiger partial charge in [-0.15, -0.1) is 0 Å². The number of amides is 1. The van der Waals surface area contributed by atoms with Gasteiger partial charge in [0.25, 0.3) is 0 Å². The van der Waals surface area contributed by atoms with Crippen LogP contribution in [-0.2, 0) is 17.8 Å². The number of nitrogens with zero attached hydrogens (tertiary/aromatic N) is 5. The van der Waals surface area contributed by atoms with Crippen LogP contribution in [0.25, 0.3) is 0 Å². The van der Waals surface area contributed by atoms with Crippen molar-refractivity contribution in [3.8, 4) is 0 Å². The SMILES string of the molecule is CCCCc1cn(CCO)c(C2CCN(c3ncnc4c3[C@H](C(F)(F)F)CC(=O)N4)CC2)n1. The summed E-state index contributed by atoms with van der Waals surface area (Å²) in [5, 5.41) is 11.9. The van der Waals surface area contributed by atoms with Gasteiger partial charge in [-0.05, 0) is 25.7 Å². The number of nitrogens with one attached hydrogen (secondary N) is 1. The lowest BCUT2D eigenvalue weighted by Gasteiger charge is -2.36. The molecule has 33 heavy (non-hydrogen) atoms. The van der Waals surface area contributed by atoms with Gasteiger partial charge < -0.3 is 19.9 Å². The number of carbonyl (C=O) groups excluding carboxylic acids is 1. The van der Waals surface area contributed by atoms with Gasteiger partial charge in [-0.25, -0.2) is 15.0 Å². The smallest absolute Gasteiger partial charge is 0.395 e. The maximum absolute atomic E-state index is 13.7. The van der Waals surface area contributed by atoms with Crippen LogP contribution >= 0.6 is 0 Å². The zero-order chi connectivity index (χ0) is 23.6. The molecule has 1 atom stereocenters. The molecule has 4 rings (SSSR count). The van der Waals surface area contributed by atoms with Gasteiger partial charge in [0.1, 0.15) is 23.8 Å². The Kier molecular flexibility index (Phi) is 6.87. The van der Waals surface area contributed by atoms with Gasteiger partial charge in [-0.3, -0.25) is 4.79 Å². The van der Waals surface area contributed by atoms with Gasteiger partial charge >= 0.3 is 6.18 Å². The molecule has 8 nitrogen and oxygen atoms in total. The van der Waals surface area contributed by atoms with Crippen LogP contribution in [0.4, 0.5) is 24.8 Å². The number of carbonyl (C=O) groups is 1. The zero-order valence-electron chi connectivity index (χ0n) is 18.6. The van der Waals surface area contributed by atoms with Crippen molar-refractivity contribution in [1.29, 1.82) is 0 Å². The van der Waals surface area contributed by atoms with E-state index in [1.165, 1.54) is 6.33 Å². The molecule has 0 spiro atoms. The van der Waals surface area contributed by atoms with E-state index >= 15 is 0 Å². The van der Waals surface area contributed by atoms with Gasteiger partial charge in [0.2, 0.25) is 5.91 Å². The lowest BCUT2D eigenvalue weighted by atomic mass is 9.90. The summed E-state index contributed by atoms with van der Waals surface area (Å²) in [6.07, 6.45) is 2.40. The molecular weight excluding hydrogens is 437 g/mol. The summed E-state index contributed by atoms with van der Waals surface area (Å²) in [6.45, 7) is 3.65. The Bertz CT molecular complexity index is 985. The number of hydrogen-bond acceptors (Lipinski definition) is 6. The fraction of sp³-hybridized carbons (Fsp3) is 0.636. The van der Waals surface area contributed by atoms with Crippen molar-refractivity contribution >= 4 is 17.5 Å². The van der Waals surface area contributed by atoms with Crippen LogP contribution in [0.2, 0.25) is 0 Å². The van der Waals surface area contributed by atoms with Gasteiger partial charge in [0, 0.05) is 38.2 Å². The molecule has 0 bridgehead atoms. The third-order valence-electron chi connectivity index (χ3n) is 6.40. The number of aromatic nitrogens is 4. The number of piperidine rings is 1. The zero-order valence-corrected chi connectivity index (χ0v) is 18.6. The van der Waals surface area contributed by atoms with E-state index < -0.39 is 24.4 Å². The maximum atomic E-state index is 13.7. The van der Waals surface area contributed by atoms with E-state index in [-0.39, 0.29) is 29.7 Å². The highest BCUT2D eigenvalue weighted by Gasteiger charge is 2.48. The lowest BCUT2D eigenvalue weighted by molar-refractivity contribution is -0.156. The van der Waals surface area contributed by atoms with Crippen molar-refractivity contribution in [2.24, 2.45) is 0 Å². The van der Waals surface area contributed by atoms with Crippen molar-refractivity contribution in [3.63, 3.8) is 0 Å². The Balaban J connectivity index is 1.54. The van der Waals surface area contributed by atoms with Crippen LogP contribution in [0.3, 0.4) is 0 Å². The van der Waals surface area contributed by atoms with Crippen LogP contribution in [-0.4, -0.2) is 56.4 Å². The molecule has 4 heterocycles. The van der Waals surface area contributed by atoms with Crippen molar-refractivity contribution in [2.75, 3.05) is 29.9 Å². The van der Waals surface area contributed by atoms with Gasteiger partial charge in [-0.2, -0.15) is 13.2 Å². The van der Waals surface area contributed by atoms with Gasteiger partial charge in [0.15, 0.2) is 0 Å². The number of anilines is 2. The fourth-order valence-corrected chi connectivity index (χ4v) is 4.74. The molecular formula is C22H29F3N6O2. The number of aliphatic hydroxyl groups excluding tert-OH is 1. The predicted octanol–water partition coefficient (Wildman–Crippen LogP) is 3.38. The molecule has 1 amide bonds. The first-order valence-electron chi connectivity index (χ1n) is 11.4. The molecule has 1 fully saturated rings. The Hall–Kier alpha value is -2.69. The van der Waals surface area contributed by atoms with Crippen LogP contribution in [0, 0.1) is 0 Å². The van der Waals surface area contributed by atoms with Crippen LogP contribution in [0.15, 0.2) is 12.5 Å². The summed E-state index contributed by atoms with van der Waals surface area (Å²) in [5.74, 6) is -1.34. The Labute approximate surface area is 190 Å². The van der Waals surface area contributed by atoms with E-state index in [0.717, 1.165) is 30.8 Å². The van der Waals surface area contributed by atoms with Gasteiger partial charge in [0.05, 0.1) is 23.8 Å². The molecule has 0 unspecified atom stereocenters. The third kappa shape index (κ3) is 4.97. The number of fused-ring (bicyclic) bond motifs is 1. The minimum absolute atomic E-state index is 0.0209. The number of aliphatic hydroxyl groups is 1. The molecule has 2 aliphatic heterocycles. The number of rotatable bonds is 7. The third-order valence-corrected chi connectivity index (χ3v) is 6.40. The summed E-state index contributed by atoms with van der Waals surface area (Å²) in [6, 6.07) is 0. The molecule has 2 aliphatic rings. The molecule has 2 N–H and O–H groups in total. The Morgan fingerprint density at radius 3 is 2.67 bits per heavy atom. The first-order valence-corrected chi connectivity index (χ1v) is 11.4. The molecule has 2 aromatic rings. The normalized spacial score (nSPS) is 19.5. The summed E-state index contributed by atoms with van der Waals surface area (Å²) in [5.41, 5.74) is 0.961. The van der Waals surface area contributed by atoms with E-state index in [4.69, 9.17) is 4.98 Å². The summed E-state index contributed by atoms with van der Waals surface area (Å²) in [7, 11) is 0. The van der Waals surface area contributed by atoms with Crippen LogP contribution in [0.5, 0.6) is 0 Å². The number of alkyl halides is 3. The second-order valence-electron chi connectivity index (χ2n) is 8.68. The van der Waals surface area contributed by atoms with E-state index in [1.807, 2.05) is 15.7 Å². The Morgan fingerprint density at radius 1 is 1.24 bits per heavy atom. The Morgan fingerprint density at radius 2 is 2.00 bits per heavy atom. The average molecular weight is 467 g/mol. The molecule has 1 saturated heterocycles. The quantitative estimate of drug-likeness (QED) is 0.650. The first kappa shape index (κ1) is 23.5. The highest BCUT2D eigenvalue weighted by molar-refractivity contribution is 5.94. The minimum atomic E-state index is -4.56.